The van der Waals surface area contributed by atoms with Gasteiger partial charge in [-0.25, -0.2) is 4.39 Å². The zero-order valence-corrected chi connectivity index (χ0v) is 12.2. The Bertz CT molecular complexity index is 623. The smallest absolute Gasteiger partial charge is 0.262 e. The molecule has 0 aliphatic carbocycles. The maximum Gasteiger partial charge on any atom is 0.262 e. The van der Waals surface area contributed by atoms with Gasteiger partial charge in [-0.05, 0) is 48.7 Å². The number of hydrogen-bond donors (Lipinski definition) is 1. The standard InChI is InChI=1S/C17H18FNO2/c1-3-13-5-8-15(9-6-13)21-11-17(20)19-16-10-14(18)7-4-12(16)2/h4-10H,3,11H2,1-2H3,(H,19,20). The predicted octanol–water partition coefficient (Wildman–Crippen LogP) is 3.71. The molecule has 0 aliphatic rings. The number of benzene rings is 2. The van der Waals surface area contributed by atoms with Crippen LogP contribution in [0.1, 0.15) is 18.1 Å². The molecule has 0 aliphatic heterocycles. The molecule has 2 rings (SSSR count). The summed E-state index contributed by atoms with van der Waals surface area (Å²) in [6, 6.07) is 11.9. The largest absolute Gasteiger partial charge is 0.484 e. The Kier molecular flexibility index (Phi) is 4.93. The number of amides is 1. The van der Waals surface area contributed by atoms with Gasteiger partial charge in [-0.1, -0.05) is 25.1 Å². The molecule has 3 nitrogen and oxygen atoms in total. The molecule has 4 heteroatoms. The Labute approximate surface area is 123 Å². The molecule has 0 fully saturated rings. The molecule has 0 atom stereocenters. The van der Waals surface area contributed by atoms with Crippen molar-refractivity contribution in [3.63, 3.8) is 0 Å². The van der Waals surface area contributed by atoms with E-state index in [1.807, 2.05) is 24.3 Å². The molecule has 110 valence electrons. The van der Waals surface area contributed by atoms with Gasteiger partial charge in [0.2, 0.25) is 0 Å². The SMILES string of the molecule is CCc1ccc(OCC(=O)Nc2cc(F)ccc2C)cc1. The fourth-order valence-corrected chi connectivity index (χ4v) is 1.89. The van der Waals surface area contributed by atoms with E-state index in [4.69, 9.17) is 4.74 Å². The van der Waals surface area contributed by atoms with Gasteiger partial charge in [-0.2, -0.15) is 0 Å². The van der Waals surface area contributed by atoms with Crippen LogP contribution in [0.2, 0.25) is 0 Å². The molecule has 0 bridgehead atoms. The highest BCUT2D eigenvalue weighted by atomic mass is 19.1. The van der Waals surface area contributed by atoms with Gasteiger partial charge in [0.05, 0.1) is 0 Å². The molecule has 0 heterocycles. The van der Waals surface area contributed by atoms with Gasteiger partial charge in [0.15, 0.2) is 6.61 Å². The van der Waals surface area contributed by atoms with E-state index in [1.165, 1.54) is 17.7 Å². The van der Waals surface area contributed by atoms with Crippen molar-refractivity contribution in [3.05, 3.63) is 59.4 Å². The van der Waals surface area contributed by atoms with E-state index in [0.29, 0.717) is 11.4 Å². The molecule has 21 heavy (non-hydrogen) atoms. The van der Waals surface area contributed by atoms with Crippen LogP contribution in [0.25, 0.3) is 0 Å². The van der Waals surface area contributed by atoms with Crippen LogP contribution in [0.3, 0.4) is 0 Å². The van der Waals surface area contributed by atoms with E-state index in [9.17, 15) is 9.18 Å². The lowest BCUT2D eigenvalue weighted by Gasteiger charge is -2.10. The highest BCUT2D eigenvalue weighted by Crippen LogP contribution is 2.16. The van der Waals surface area contributed by atoms with Gasteiger partial charge in [-0.3, -0.25) is 4.79 Å². The van der Waals surface area contributed by atoms with E-state index >= 15 is 0 Å². The number of nitrogens with one attached hydrogen (secondary N) is 1. The summed E-state index contributed by atoms with van der Waals surface area (Å²) in [6.07, 6.45) is 0.958. The zero-order valence-electron chi connectivity index (χ0n) is 12.2. The maximum atomic E-state index is 13.1. The minimum Gasteiger partial charge on any atom is -0.484 e. The first-order valence-electron chi connectivity index (χ1n) is 6.86. The van der Waals surface area contributed by atoms with Crippen LogP contribution < -0.4 is 10.1 Å². The number of halogens is 1. The fourth-order valence-electron chi connectivity index (χ4n) is 1.89. The fraction of sp³-hybridized carbons (Fsp3) is 0.235. The third-order valence-electron chi connectivity index (χ3n) is 3.18. The Morgan fingerprint density at radius 2 is 1.90 bits per heavy atom. The molecule has 0 saturated heterocycles. The lowest BCUT2D eigenvalue weighted by molar-refractivity contribution is -0.118. The number of ether oxygens (including phenoxy) is 1. The second-order valence-corrected chi connectivity index (χ2v) is 4.79. The van der Waals surface area contributed by atoms with Crippen molar-refractivity contribution in [3.8, 4) is 5.75 Å². The number of aryl methyl sites for hydroxylation is 2. The first-order chi connectivity index (χ1) is 10.1. The van der Waals surface area contributed by atoms with Crippen molar-refractivity contribution >= 4 is 11.6 Å². The highest BCUT2D eigenvalue weighted by Gasteiger charge is 2.07. The van der Waals surface area contributed by atoms with Crippen molar-refractivity contribution < 1.29 is 13.9 Å². The molecule has 0 unspecified atom stereocenters. The second kappa shape index (κ2) is 6.88. The Balaban J connectivity index is 1.91. The normalized spacial score (nSPS) is 10.2. The number of rotatable bonds is 5. The van der Waals surface area contributed by atoms with Crippen LogP contribution in [0, 0.1) is 12.7 Å². The Morgan fingerprint density at radius 1 is 1.19 bits per heavy atom. The summed E-state index contributed by atoms with van der Waals surface area (Å²) >= 11 is 0. The minimum absolute atomic E-state index is 0.110. The second-order valence-electron chi connectivity index (χ2n) is 4.79. The number of carbonyl (C=O) groups is 1. The number of hydrogen-bond acceptors (Lipinski definition) is 2. The van der Waals surface area contributed by atoms with Crippen LogP contribution in [-0.4, -0.2) is 12.5 Å². The molecule has 0 saturated carbocycles. The van der Waals surface area contributed by atoms with Gasteiger partial charge >= 0.3 is 0 Å². The van der Waals surface area contributed by atoms with E-state index < -0.39 is 0 Å². The summed E-state index contributed by atoms with van der Waals surface area (Å²) in [6.45, 7) is 3.77. The van der Waals surface area contributed by atoms with Crippen LogP contribution in [0.4, 0.5) is 10.1 Å². The monoisotopic (exact) mass is 287 g/mol. The van der Waals surface area contributed by atoms with Crippen LogP contribution in [-0.2, 0) is 11.2 Å². The van der Waals surface area contributed by atoms with Gasteiger partial charge in [0.25, 0.3) is 5.91 Å². The molecule has 0 radical (unpaired) electrons. The average molecular weight is 287 g/mol. The Hall–Kier alpha value is -2.36. The molecule has 2 aromatic rings. The zero-order chi connectivity index (χ0) is 15.2. The Morgan fingerprint density at radius 3 is 2.57 bits per heavy atom. The number of carbonyl (C=O) groups excluding carboxylic acids is 1. The van der Waals surface area contributed by atoms with Gasteiger partial charge in [-0.15, -0.1) is 0 Å². The minimum atomic E-state index is -0.382. The highest BCUT2D eigenvalue weighted by molar-refractivity contribution is 5.92. The molecule has 2 aromatic carbocycles. The summed E-state index contributed by atoms with van der Waals surface area (Å²) < 4.78 is 18.5. The molecule has 0 aromatic heterocycles. The van der Waals surface area contributed by atoms with Gasteiger partial charge in [0, 0.05) is 5.69 Å². The van der Waals surface area contributed by atoms with Crippen molar-refractivity contribution in [2.24, 2.45) is 0 Å². The summed E-state index contributed by atoms with van der Waals surface area (Å²) in [5.41, 5.74) is 2.48. The van der Waals surface area contributed by atoms with Crippen LogP contribution in [0.5, 0.6) is 5.75 Å². The maximum absolute atomic E-state index is 13.1. The van der Waals surface area contributed by atoms with E-state index in [1.54, 1.807) is 13.0 Å². The quantitative estimate of drug-likeness (QED) is 0.910. The molecule has 1 N–H and O–H groups in total. The number of anilines is 1. The summed E-state index contributed by atoms with van der Waals surface area (Å²) in [5, 5.41) is 2.64. The van der Waals surface area contributed by atoms with Crippen molar-refractivity contribution in [1.29, 1.82) is 0 Å². The van der Waals surface area contributed by atoms with E-state index in [0.717, 1.165) is 12.0 Å². The first kappa shape index (κ1) is 15.0. The van der Waals surface area contributed by atoms with Gasteiger partial charge < -0.3 is 10.1 Å². The third-order valence-corrected chi connectivity index (χ3v) is 3.18. The lowest BCUT2D eigenvalue weighted by Crippen LogP contribution is -2.20. The molecular weight excluding hydrogens is 269 g/mol. The summed E-state index contributed by atoms with van der Waals surface area (Å²) in [4.78, 5) is 11.8. The van der Waals surface area contributed by atoms with E-state index in [2.05, 4.69) is 12.2 Å². The molecular formula is C17H18FNO2. The average Bonchev–Trinajstić information content (AvgIpc) is 2.49. The van der Waals surface area contributed by atoms with Gasteiger partial charge in [0.1, 0.15) is 11.6 Å². The van der Waals surface area contributed by atoms with Crippen molar-refractivity contribution in [2.45, 2.75) is 20.3 Å². The van der Waals surface area contributed by atoms with Crippen LogP contribution in [0.15, 0.2) is 42.5 Å². The summed E-state index contributed by atoms with van der Waals surface area (Å²) in [5.74, 6) is -0.0615. The van der Waals surface area contributed by atoms with Crippen molar-refractivity contribution in [2.75, 3.05) is 11.9 Å². The predicted molar refractivity (Wildman–Crippen MR) is 81.1 cm³/mol. The topological polar surface area (TPSA) is 38.3 Å². The lowest BCUT2D eigenvalue weighted by atomic mass is 10.2. The summed E-state index contributed by atoms with van der Waals surface area (Å²) in [7, 11) is 0. The third kappa shape index (κ3) is 4.31. The molecule has 0 spiro atoms. The van der Waals surface area contributed by atoms with E-state index in [-0.39, 0.29) is 18.3 Å². The van der Waals surface area contributed by atoms with Crippen molar-refractivity contribution in [1.82, 2.24) is 0 Å². The first-order valence-corrected chi connectivity index (χ1v) is 6.86. The van der Waals surface area contributed by atoms with Crippen LogP contribution >= 0.6 is 0 Å². The molecule has 1 amide bonds.